The molecule has 1 aromatic carbocycles. The van der Waals surface area contributed by atoms with Gasteiger partial charge in [-0.2, -0.15) is 0 Å². The third-order valence-electron chi connectivity index (χ3n) is 4.08. The van der Waals surface area contributed by atoms with E-state index in [1.165, 1.54) is 12.1 Å². The number of carboxylic acid groups (broad SMARTS) is 1. The summed E-state index contributed by atoms with van der Waals surface area (Å²) in [4.78, 5) is 11.2. The Labute approximate surface area is 111 Å². The highest BCUT2D eigenvalue weighted by molar-refractivity contribution is 5.70. The maximum atomic E-state index is 13.7. The highest BCUT2D eigenvalue weighted by atomic mass is 19.2. The number of hydrogen-bond acceptors (Lipinski definition) is 1. The monoisotopic (exact) mass is 268 g/mol. The van der Waals surface area contributed by atoms with Crippen LogP contribution in [0.15, 0.2) is 18.2 Å². The molecule has 1 fully saturated rings. The van der Waals surface area contributed by atoms with E-state index in [9.17, 15) is 18.7 Å². The van der Waals surface area contributed by atoms with Gasteiger partial charge in [0.2, 0.25) is 0 Å². The summed E-state index contributed by atoms with van der Waals surface area (Å²) >= 11 is 0. The molecule has 3 unspecified atom stereocenters. The molecule has 1 aliphatic carbocycles. The van der Waals surface area contributed by atoms with E-state index < -0.39 is 23.5 Å². The van der Waals surface area contributed by atoms with Crippen molar-refractivity contribution in [2.75, 3.05) is 0 Å². The van der Waals surface area contributed by atoms with Gasteiger partial charge in [-0.25, -0.2) is 8.78 Å². The number of rotatable bonds is 3. The quantitative estimate of drug-likeness (QED) is 0.908. The predicted octanol–water partition coefficient (Wildman–Crippen LogP) is 3.64. The molecule has 3 atom stereocenters. The lowest BCUT2D eigenvalue weighted by atomic mass is 9.72. The van der Waals surface area contributed by atoms with Crippen molar-refractivity contribution in [3.63, 3.8) is 0 Å². The Morgan fingerprint density at radius 2 is 2.11 bits per heavy atom. The van der Waals surface area contributed by atoms with Gasteiger partial charge in [-0.15, -0.1) is 0 Å². The Morgan fingerprint density at radius 3 is 2.79 bits per heavy atom. The van der Waals surface area contributed by atoms with Crippen molar-refractivity contribution in [1.29, 1.82) is 0 Å². The average Bonchev–Trinajstić information content (AvgIpc) is 2.35. The van der Waals surface area contributed by atoms with Crippen LogP contribution in [0.2, 0.25) is 0 Å². The summed E-state index contributed by atoms with van der Waals surface area (Å²) in [7, 11) is 0. The minimum atomic E-state index is -0.867. The molecular weight excluding hydrogens is 250 g/mol. The van der Waals surface area contributed by atoms with Crippen LogP contribution in [-0.4, -0.2) is 11.1 Å². The first kappa shape index (κ1) is 14.0. The van der Waals surface area contributed by atoms with E-state index in [0.717, 1.165) is 18.9 Å². The number of carbonyl (C=O) groups is 1. The van der Waals surface area contributed by atoms with Crippen LogP contribution in [0.25, 0.3) is 0 Å². The van der Waals surface area contributed by atoms with Crippen LogP contribution in [0.3, 0.4) is 0 Å². The van der Waals surface area contributed by atoms with Crippen molar-refractivity contribution in [1.82, 2.24) is 0 Å². The summed E-state index contributed by atoms with van der Waals surface area (Å²) in [5, 5.41) is 9.23. The number of halogens is 2. The maximum absolute atomic E-state index is 13.7. The smallest absolute Gasteiger partial charge is 0.306 e. The van der Waals surface area contributed by atoms with E-state index in [4.69, 9.17) is 0 Å². The summed E-state index contributed by atoms with van der Waals surface area (Å²) in [5.74, 6) is -2.65. The zero-order chi connectivity index (χ0) is 14.0. The summed E-state index contributed by atoms with van der Waals surface area (Å²) < 4.78 is 26.8. The molecule has 0 aromatic heterocycles. The molecule has 2 nitrogen and oxygen atoms in total. The number of carboxylic acids is 1. The van der Waals surface area contributed by atoms with Gasteiger partial charge in [0.25, 0.3) is 0 Å². The molecule has 0 saturated heterocycles. The zero-order valence-corrected chi connectivity index (χ0v) is 10.9. The van der Waals surface area contributed by atoms with Crippen LogP contribution >= 0.6 is 0 Å². The highest BCUT2D eigenvalue weighted by Crippen LogP contribution is 2.36. The summed E-state index contributed by atoms with van der Waals surface area (Å²) in [6, 6.07) is 4.09. The molecule has 0 radical (unpaired) electrons. The van der Waals surface area contributed by atoms with Crippen LogP contribution in [0.1, 0.15) is 31.7 Å². The standard InChI is InChI=1S/C15H18F2O2/c1-9-5-6-12(15(18)19)11(7-9)8-10-3-2-4-13(16)14(10)17/h2-4,9,11-12H,5-8H2,1H3,(H,18,19). The second-order valence-electron chi connectivity index (χ2n) is 5.54. The van der Waals surface area contributed by atoms with Gasteiger partial charge in [0.05, 0.1) is 5.92 Å². The Morgan fingerprint density at radius 1 is 1.37 bits per heavy atom. The zero-order valence-electron chi connectivity index (χ0n) is 10.9. The van der Waals surface area contributed by atoms with E-state index in [2.05, 4.69) is 6.92 Å². The molecule has 1 aliphatic rings. The number of hydrogen-bond donors (Lipinski definition) is 1. The van der Waals surface area contributed by atoms with Crippen LogP contribution in [0.4, 0.5) is 8.78 Å². The van der Waals surface area contributed by atoms with Gasteiger partial charge in [-0.05, 0) is 49.1 Å². The topological polar surface area (TPSA) is 37.3 Å². The van der Waals surface area contributed by atoms with Gasteiger partial charge in [-0.3, -0.25) is 4.79 Å². The van der Waals surface area contributed by atoms with Gasteiger partial charge in [0, 0.05) is 0 Å². The average molecular weight is 268 g/mol. The molecule has 1 saturated carbocycles. The molecule has 0 spiro atoms. The third-order valence-corrected chi connectivity index (χ3v) is 4.08. The van der Waals surface area contributed by atoms with Crippen LogP contribution in [0.5, 0.6) is 0 Å². The molecule has 104 valence electrons. The predicted molar refractivity (Wildman–Crippen MR) is 67.7 cm³/mol. The number of benzene rings is 1. The van der Waals surface area contributed by atoms with Crippen molar-refractivity contribution >= 4 is 5.97 Å². The van der Waals surface area contributed by atoms with E-state index in [1.54, 1.807) is 0 Å². The Bertz CT molecular complexity index is 473. The van der Waals surface area contributed by atoms with Crippen molar-refractivity contribution in [3.8, 4) is 0 Å². The fourth-order valence-electron chi connectivity index (χ4n) is 3.04. The Hall–Kier alpha value is -1.45. The normalized spacial score (nSPS) is 27.2. The van der Waals surface area contributed by atoms with Crippen LogP contribution in [0, 0.1) is 29.4 Å². The molecular formula is C15H18F2O2. The first-order valence-electron chi connectivity index (χ1n) is 6.64. The van der Waals surface area contributed by atoms with Crippen molar-refractivity contribution in [2.45, 2.75) is 32.6 Å². The largest absolute Gasteiger partial charge is 0.481 e. The van der Waals surface area contributed by atoms with Gasteiger partial charge in [0.15, 0.2) is 11.6 Å². The lowest BCUT2D eigenvalue weighted by Crippen LogP contribution is -2.31. The van der Waals surface area contributed by atoms with Crippen molar-refractivity contribution < 1.29 is 18.7 Å². The summed E-state index contributed by atoms with van der Waals surface area (Å²) in [6.45, 7) is 2.08. The maximum Gasteiger partial charge on any atom is 0.306 e. The minimum absolute atomic E-state index is 0.113. The first-order valence-corrected chi connectivity index (χ1v) is 6.64. The molecule has 19 heavy (non-hydrogen) atoms. The lowest BCUT2D eigenvalue weighted by Gasteiger charge is -2.32. The fourth-order valence-corrected chi connectivity index (χ4v) is 3.04. The van der Waals surface area contributed by atoms with E-state index >= 15 is 0 Å². The number of aliphatic carboxylic acids is 1. The van der Waals surface area contributed by atoms with Crippen LogP contribution < -0.4 is 0 Å². The summed E-state index contributed by atoms with van der Waals surface area (Å²) in [6.07, 6.45) is 2.56. The van der Waals surface area contributed by atoms with E-state index in [-0.39, 0.29) is 11.5 Å². The minimum Gasteiger partial charge on any atom is -0.481 e. The summed E-state index contributed by atoms with van der Waals surface area (Å²) in [5.41, 5.74) is 0.283. The van der Waals surface area contributed by atoms with E-state index in [1.807, 2.05) is 0 Å². The van der Waals surface area contributed by atoms with Crippen LogP contribution in [-0.2, 0) is 11.2 Å². The Balaban J connectivity index is 2.19. The van der Waals surface area contributed by atoms with E-state index in [0.29, 0.717) is 18.8 Å². The third kappa shape index (κ3) is 3.11. The van der Waals surface area contributed by atoms with Crippen molar-refractivity contribution in [3.05, 3.63) is 35.4 Å². The molecule has 1 N–H and O–H groups in total. The highest BCUT2D eigenvalue weighted by Gasteiger charge is 2.34. The van der Waals surface area contributed by atoms with Gasteiger partial charge in [-0.1, -0.05) is 19.1 Å². The Kier molecular flexibility index (Phi) is 4.17. The fraction of sp³-hybridized carbons (Fsp3) is 0.533. The van der Waals surface area contributed by atoms with Crippen molar-refractivity contribution in [2.24, 2.45) is 17.8 Å². The SMILES string of the molecule is CC1CCC(C(=O)O)C(Cc2cccc(F)c2F)C1. The molecule has 0 bridgehead atoms. The lowest BCUT2D eigenvalue weighted by molar-refractivity contribution is -0.145. The van der Waals surface area contributed by atoms with Gasteiger partial charge >= 0.3 is 5.97 Å². The van der Waals surface area contributed by atoms with Gasteiger partial charge in [0.1, 0.15) is 0 Å². The van der Waals surface area contributed by atoms with Gasteiger partial charge < -0.3 is 5.11 Å². The molecule has 2 rings (SSSR count). The molecule has 4 heteroatoms. The first-order chi connectivity index (χ1) is 8.99. The molecule has 1 aromatic rings. The molecule has 0 amide bonds. The molecule has 0 heterocycles. The molecule has 0 aliphatic heterocycles. The second-order valence-corrected chi connectivity index (χ2v) is 5.54. The second kappa shape index (κ2) is 5.68.